The molecule has 2 fully saturated rings. The van der Waals surface area contributed by atoms with E-state index in [1.54, 1.807) is 37.3 Å². The first kappa shape index (κ1) is 38.8. The number of piperidine rings is 1. The van der Waals surface area contributed by atoms with Gasteiger partial charge < -0.3 is 34.4 Å². The van der Waals surface area contributed by atoms with Crippen LogP contribution in [0.15, 0.2) is 24.3 Å². The van der Waals surface area contributed by atoms with E-state index in [1.807, 2.05) is 11.0 Å². The van der Waals surface area contributed by atoms with Gasteiger partial charge in [-0.05, 0) is 68.2 Å². The number of nitrogens with one attached hydrogen (secondary N) is 1. The smallest absolute Gasteiger partial charge is 0.409 e. The molecule has 3 rings (SSSR count). The molecule has 3 amide bonds. The van der Waals surface area contributed by atoms with Crippen molar-refractivity contribution in [1.82, 2.24) is 15.1 Å². The molecule has 0 bridgehead atoms. The number of methoxy groups -OCH3 is 2. The maximum atomic E-state index is 13.9. The fourth-order valence-corrected chi connectivity index (χ4v) is 7.75. The summed E-state index contributed by atoms with van der Waals surface area (Å²) in [6, 6.07) is 7.59. The molecule has 0 spiro atoms. The highest BCUT2D eigenvalue weighted by Crippen LogP contribution is 2.40. The van der Waals surface area contributed by atoms with E-state index in [4.69, 9.17) is 14.2 Å². The first-order valence-corrected chi connectivity index (χ1v) is 21.4. The summed E-state index contributed by atoms with van der Waals surface area (Å²) in [5.41, 5.74) is -0.188. The van der Waals surface area contributed by atoms with Crippen LogP contribution in [0.4, 0.5) is 9.59 Å². The number of carbonyl (C=O) groups is 3. The molecule has 266 valence electrons. The Morgan fingerprint density at radius 3 is 2.49 bits per heavy atom. The monoisotopic (exact) mass is 675 g/mol. The Morgan fingerprint density at radius 2 is 1.81 bits per heavy atom. The third-order valence-electron chi connectivity index (χ3n) is 9.88. The number of nitrogens with zero attached hydrogens (tertiary/aromatic N) is 2. The number of carbonyl (C=O) groups excluding carboxylic acids is 3. The fourth-order valence-electron chi connectivity index (χ4n) is 7.04. The molecule has 0 aromatic heterocycles. The van der Waals surface area contributed by atoms with Crippen molar-refractivity contribution in [1.29, 1.82) is 0 Å². The molecule has 1 aliphatic carbocycles. The summed E-state index contributed by atoms with van der Waals surface area (Å²) < 4.78 is 15.8. The number of hydrogen-bond acceptors (Lipinski definition) is 7. The van der Waals surface area contributed by atoms with Gasteiger partial charge in [-0.1, -0.05) is 63.9 Å². The molecule has 0 unspecified atom stereocenters. The Morgan fingerprint density at radius 1 is 1.06 bits per heavy atom. The van der Waals surface area contributed by atoms with Gasteiger partial charge in [0, 0.05) is 60.4 Å². The SMILES string of the molecule is COCCCC[C@@](O)(c1cccc(C(=O)OC)c1)[C@@H]1CCCN(C(=O)N[C@@H](CC2CCCCC2)CN(C)C(=O)OCC[Si](C)(C)C)C1. The minimum Gasteiger partial charge on any atom is -0.465 e. The van der Waals surface area contributed by atoms with Crippen molar-refractivity contribution in [3.63, 3.8) is 0 Å². The summed E-state index contributed by atoms with van der Waals surface area (Å²) in [6.07, 6.45) is 9.93. The third kappa shape index (κ3) is 12.4. The van der Waals surface area contributed by atoms with E-state index in [1.165, 1.54) is 26.4 Å². The Balaban J connectivity index is 1.74. The normalized spacial score (nSPS) is 19.4. The number of hydrogen-bond donors (Lipinski definition) is 2. The van der Waals surface area contributed by atoms with Crippen LogP contribution < -0.4 is 5.32 Å². The zero-order chi connectivity index (χ0) is 34.5. The number of unbranched alkanes of at least 4 members (excludes halogenated alkanes) is 1. The van der Waals surface area contributed by atoms with Gasteiger partial charge in [0.05, 0.1) is 24.9 Å². The molecular weight excluding hydrogens is 614 g/mol. The second kappa shape index (κ2) is 18.8. The van der Waals surface area contributed by atoms with Crippen LogP contribution in [0.1, 0.15) is 86.6 Å². The standard InChI is InChI=1S/C36H61N3O7Si/c1-38(35(42)46-22-23-47(4,5)6)27-32(24-28-14-8-7-9-15-28)37-34(41)39-20-13-18-31(26-39)36(43,19-10-11-21-44-2)30-17-12-16-29(25-30)33(40)45-3/h12,16-17,25,28,31-32,43H,7-11,13-15,18-24,26-27H2,1-6H3,(H,37,41)/t31-,32+,36-/m1/s1. The molecule has 2 N–H and O–H groups in total. The van der Waals surface area contributed by atoms with Crippen LogP contribution in [-0.4, -0.2) is 101 Å². The zero-order valence-corrected chi connectivity index (χ0v) is 30.9. The maximum Gasteiger partial charge on any atom is 0.409 e. The van der Waals surface area contributed by atoms with Crippen molar-refractivity contribution in [3.05, 3.63) is 35.4 Å². The molecule has 0 radical (unpaired) electrons. The number of urea groups is 1. The molecule has 1 aliphatic heterocycles. The van der Waals surface area contributed by atoms with Gasteiger partial charge in [-0.3, -0.25) is 0 Å². The van der Waals surface area contributed by atoms with Crippen molar-refractivity contribution >= 4 is 26.2 Å². The van der Waals surface area contributed by atoms with Gasteiger partial charge in [-0.25, -0.2) is 14.4 Å². The number of rotatable bonds is 16. The first-order valence-electron chi connectivity index (χ1n) is 17.7. The molecule has 10 nitrogen and oxygen atoms in total. The highest BCUT2D eigenvalue weighted by Gasteiger charge is 2.42. The minimum atomic E-state index is -1.33. The average Bonchev–Trinajstić information content (AvgIpc) is 3.06. The van der Waals surface area contributed by atoms with Gasteiger partial charge in [-0.2, -0.15) is 0 Å². The van der Waals surface area contributed by atoms with Crippen molar-refractivity contribution in [3.8, 4) is 0 Å². The van der Waals surface area contributed by atoms with Crippen LogP contribution in [0, 0.1) is 11.8 Å². The summed E-state index contributed by atoms with van der Waals surface area (Å²) in [4.78, 5) is 42.5. The van der Waals surface area contributed by atoms with Crippen LogP contribution in [-0.2, 0) is 19.8 Å². The lowest BCUT2D eigenvalue weighted by molar-refractivity contribution is -0.0564. The summed E-state index contributed by atoms with van der Waals surface area (Å²) >= 11 is 0. The van der Waals surface area contributed by atoms with Gasteiger partial charge in [0.1, 0.15) is 0 Å². The number of aliphatic hydroxyl groups is 1. The fraction of sp³-hybridized carbons (Fsp3) is 0.750. The molecule has 1 heterocycles. The molecule has 11 heteroatoms. The lowest BCUT2D eigenvalue weighted by Crippen LogP contribution is -2.54. The van der Waals surface area contributed by atoms with Gasteiger partial charge in [0.2, 0.25) is 0 Å². The molecule has 1 saturated carbocycles. The van der Waals surface area contributed by atoms with E-state index in [0.717, 1.165) is 51.0 Å². The molecular formula is C36H61N3O7Si. The molecule has 1 aromatic carbocycles. The van der Waals surface area contributed by atoms with E-state index < -0.39 is 19.6 Å². The Kier molecular flexibility index (Phi) is 15.5. The lowest BCUT2D eigenvalue weighted by atomic mass is 9.74. The van der Waals surface area contributed by atoms with Gasteiger partial charge in [-0.15, -0.1) is 0 Å². The Bertz CT molecular complexity index is 1140. The largest absolute Gasteiger partial charge is 0.465 e. The highest BCUT2D eigenvalue weighted by atomic mass is 28.3. The quantitative estimate of drug-likeness (QED) is 0.115. The second-order valence-electron chi connectivity index (χ2n) is 14.9. The van der Waals surface area contributed by atoms with E-state index in [-0.39, 0.29) is 24.1 Å². The predicted octanol–water partition coefficient (Wildman–Crippen LogP) is 6.64. The average molecular weight is 676 g/mol. The maximum absolute atomic E-state index is 13.9. The van der Waals surface area contributed by atoms with E-state index in [2.05, 4.69) is 25.0 Å². The van der Waals surface area contributed by atoms with Crippen LogP contribution in [0.5, 0.6) is 0 Å². The van der Waals surface area contributed by atoms with Gasteiger partial charge in [0.15, 0.2) is 0 Å². The topological polar surface area (TPSA) is 118 Å². The number of amides is 3. The summed E-state index contributed by atoms with van der Waals surface area (Å²) in [5.74, 6) is -0.163. The Labute approximate surface area is 283 Å². The van der Waals surface area contributed by atoms with Crippen molar-refractivity contribution in [2.75, 3.05) is 54.1 Å². The van der Waals surface area contributed by atoms with Crippen molar-refractivity contribution in [2.24, 2.45) is 11.8 Å². The zero-order valence-electron chi connectivity index (χ0n) is 29.9. The van der Waals surface area contributed by atoms with Crippen molar-refractivity contribution < 1.29 is 33.7 Å². The number of ether oxygens (including phenoxy) is 3. The number of likely N-dealkylation sites (N-methyl/N-ethyl adjacent to an activating group) is 1. The molecule has 1 saturated heterocycles. The molecule has 1 aromatic rings. The van der Waals surface area contributed by atoms with Crippen LogP contribution >= 0.6 is 0 Å². The number of esters is 1. The third-order valence-corrected chi connectivity index (χ3v) is 11.6. The van der Waals surface area contributed by atoms with Crippen LogP contribution in [0.3, 0.4) is 0 Å². The highest BCUT2D eigenvalue weighted by molar-refractivity contribution is 6.76. The van der Waals surface area contributed by atoms with Crippen LogP contribution in [0.2, 0.25) is 25.7 Å². The molecule has 47 heavy (non-hydrogen) atoms. The Hall–Kier alpha value is -2.63. The summed E-state index contributed by atoms with van der Waals surface area (Å²) in [5, 5.41) is 15.7. The van der Waals surface area contributed by atoms with E-state index in [9.17, 15) is 19.5 Å². The van der Waals surface area contributed by atoms with E-state index >= 15 is 0 Å². The summed E-state index contributed by atoms with van der Waals surface area (Å²) in [7, 11) is 3.44. The van der Waals surface area contributed by atoms with Crippen molar-refractivity contribution in [2.45, 2.75) is 108 Å². The number of benzene rings is 1. The molecule has 3 atom stereocenters. The lowest BCUT2D eigenvalue weighted by Gasteiger charge is -2.43. The van der Waals surface area contributed by atoms with Gasteiger partial charge in [0.25, 0.3) is 0 Å². The molecule has 2 aliphatic rings. The number of likely N-dealkylation sites (tertiary alicyclic amines) is 1. The summed E-state index contributed by atoms with van der Waals surface area (Å²) in [6.45, 7) is 9.15. The predicted molar refractivity (Wildman–Crippen MR) is 187 cm³/mol. The van der Waals surface area contributed by atoms with Crippen LogP contribution in [0.25, 0.3) is 0 Å². The van der Waals surface area contributed by atoms with E-state index in [0.29, 0.717) is 56.3 Å². The minimum absolute atomic E-state index is 0.166. The van der Waals surface area contributed by atoms with Gasteiger partial charge >= 0.3 is 18.1 Å². The second-order valence-corrected chi connectivity index (χ2v) is 20.5. The first-order chi connectivity index (χ1) is 22.4.